The van der Waals surface area contributed by atoms with Crippen LogP contribution in [0.1, 0.15) is 5.56 Å². The molecule has 0 aliphatic rings. The fourth-order valence-corrected chi connectivity index (χ4v) is 3.72. The first kappa shape index (κ1) is 16.7. The number of benzene rings is 2. The second-order valence-electron chi connectivity index (χ2n) is 5.74. The van der Waals surface area contributed by atoms with Crippen LogP contribution in [0.5, 0.6) is 0 Å². The highest BCUT2D eigenvalue weighted by Gasteiger charge is 2.09. The summed E-state index contributed by atoms with van der Waals surface area (Å²) in [4.78, 5) is 22.0. The Kier molecular flexibility index (Phi) is 4.65. The highest BCUT2D eigenvalue weighted by molar-refractivity contribution is 7.21. The Morgan fingerprint density at radius 2 is 1.85 bits per heavy atom. The average molecular weight is 380 g/mol. The normalized spacial score (nSPS) is 10.8. The topological polar surface area (TPSA) is 54.9 Å². The zero-order chi connectivity index (χ0) is 17.9. The van der Waals surface area contributed by atoms with Crippen LogP contribution >= 0.6 is 22.9 Å². The van der Waals surface area contributed by atoms with Crippen LogP contribution in [0.15, 0.2) is 66.9 Å². The zero-order valence-corrected chi connectivity index (χ0v) is 15.2. The van der Waals surface area contributed by atoms with Gasteiger partial charge in [0.25, 0.3) is 0 Å². The summed E-state index contributed by atoms with van der Waals surface area (Å²) in [5.41, 5.74) is 3.44. The highest BCUT2D eigenvalue weighted by Crippen LogP contribution is 2.29. The van der Waals surface area contributed by atoms with Crippen LogP contribution in [0.3, 0.4) is 0 Å². The van der Waals surface area contributed by atoms with Gasteiger partial charge in [-0.25, -0.2) is 9.97 Å². The molecule has 0 radical (unpaired) electrons. The van der Waals surface area contributed by atoms with Gasteiger partial charge < -0.3 is 5.32 Å². The number of hydrogen-bond donors (Lipinski definition) is 1. The van der Waals surface area contributed by atoms with E-state index < -0.39 is 0 Å². The van der Waals surface area contributed by atoms with Crippen LogP contribution in [-0.4, -0.2) is 15.9 Å². The van der Waals surface area contributed by atoms with Gasteiger partial charge in [-0.1, -0.05) is 41.1 Å². The first-order valence-electron chi connectivity index (χ1n) is 8.04. The summed E-state index contributed by atoms with van der Waals surface area (Å²) in [6.45, 7) is 0. The third-order valence-electron chi connectivity index (χ3n) is 3.89. The summed E-state index contributed by atoms with van der Waals surface area (Å²) in [7, 11) is 0. The van der Waals surface area contributed by atoms with E-state index in [9.17, 15) is 4.79 Å². The lowest BCUT2D eigenvalue weighted by Crippen LogP contribution is -2.14. The predicted molar refractivity (Wildman–Crippen MR) is 107 cm³/mol. The van der Waals surface area contributed by atoms with E-state index in [1.807, 2.05) is 54.6 Å². The van der Waals surface area contributed by atoms with Crippen molar-refractivity contribution in [2.75, 3.05) is 5.32 Å². The van der Waals surface area contributed by atoms with E-state index in [1.165, 1.54) is 0 Å². The molecule has 128 valence electrons. The Morgan fingerprint density at radius 1 is 1.04 bits per heavy atom. The Hall–Kier alpha value is -2.76. The molecule has 1 N–H and O–H groups in total. The molecule has 6 heteroatoms. The van der Waals surface area contributed by atoms with Gasteiger partial charge in [-0.15, -0.1) is 0 Å². The fraction of sp³-hybridized carbons (Fsp3) is 0.0500. The molecule has 0 aliphatic carbocycles. The molecule has 2 heterocycles. The minimum atomic E-state index is -0.102. The van der Waals surface area contributed by atoms with Crippen LogP contribution in [0.4, 0.5) is 5.69 Å². The van der Waals surface area contributed by atoms with Gasteiger partial charge in [0.2, 0.25) is 5.91 Å². The molecule has 2 aromatic carbocycles. The molecular weight excluding hydrogens is 366 g/mol. The van der Waals surface area contributed by atoms with Gasteiger partial charge in [0, 0.05) is 22.5 Å². The standard InChI is InChI=1S/C20H14ClN3OS/c21-16-5-2-1-4-14(16)12-18(25)23-15-9-7-13(8-10-15)19-24-17-6-3-11-22-20(17)26-19/h1-11H,12H2,(H,23,25). The molecule has 2 aromatic heterocycles. The Morgan fingerprint density at radius 3 is 2.62 bits per heavy atom. The smallest absolute Gasteiger partial charge is 0.228 e. The monoisotopic (exact) mass is 379 g/mol. The van der Waals surface area contributed by atoms with Crippen molar-refractivity contribution in [2.24, 2.45) is 0 Å². The summed E-state index contributed by atoms with van der Waals surface area (Å²) < 4.78 is 0. The van der Waals surface area contributed by atoms with Gasteiger partial charge in [-0.3, -0.25) is 4.79 Å². The Bertz CT molecular complexity index is 1040. The first-order chi connectivity index (χ1) is 12.7. The van der Waals surface area contributed by atoms with Gasteiger partial charge >= 0.3 is 0 Å². The molecular formula is C20H14ClN3OS. The van der Waals surface area contributed by atoms with E-state index in [2.05, 4.69) is 15.3 Å². The summed E-state index contributed by atoms with van der Waals surface area (Å²) in [5, 5.41) is 4.41. The number of fused-ring (bicyclic) bond motifs is 1. The number of amides is 1. The molecule has 0 saturated carbocycles. The molecule has 4 rings (SSSR count). The quantitative estimate of drug-likeness (QED) is 0.530. The summed E-state index contributed by atoms with van der Waals surface area (Å²) in [6.07, 6.45) is 2.01. The lowest BCUT2D eigenvalue weighted by Gasteiger charge is -2.07. The van der Waals surface area contributed by atoms with Crippen molar-refractivity contribution < 1.29 is 4.79 Å². The number of hydrogen-bond acceptors (Lipinski definition) is 4. The van der Waals surface area contributed by atoms with Gasteiger partial charge in [-0.05, 0) is 48.0 Å². The van der Waals surface area contributed by atoms with Gasteiger partial charge in [0.1, 0.15) is 15.4 Å². The van der Waals surface area contributed by atoms with Crippen LogP contribution < -0.4 is 5.32 Å². The van der Waals surface area contributed by atoms with Crippen molar-refractivity contribution in [1.29, 1.82) is 0 Å². The minimum absolute atomic E-state index is 0.102. The molecule has 0 unspecified atom stereocenters. The van der Waals surface area contributed by atoms with E-state index in [4.69, 9.17) is 11.6 Å². The summed E-state index contributed by atoms with van der Waals surface area (Å²) >= 11 is 7.65. The third kappa shape index (κ3) is 3.59. The highest BCUT2D eigenvalue weighted by atomic mass is 35.5. The number of pyridine rings is 1. The van der Waals surface area contributed by atoms with E-state index in [0.717, 1.165) is 32.2 Å². The first-order valence-corrected chi connectivity index (χ1v) is 9.24. The van der Waals surface area contributed by atoms with Crippen molar-refractivity contribution in [3.8, 4) is 10.6 Å². The predicted octanol–water partition coefficient (Wildman–Crippen LogP) is 5.19. The van der Waals surface area contributed by atoms with Gasteiger partial charge in [0.05, 0.1) is 6.42 Å². The Balaban J connectivity index is 1.47. The average Bonchev–Trinajstić information content (AvgIpc) is 3.08. The van der Waals surface area contributed by atoms with E-state index >= 15 is 0 Å². The third-order valence-corrected chi connectivity index (χ3v) is 5.29. The number of nitrogens with zero attached hydrogens (tertiary/aromatic N) is 2. The van der Waals surface area contributed by atoms with Crippen molar-refractivity contribution >= 4 is 44.9 Å². The van der Waals surface area contributed by atoms with Gasteiger partial charge in [-0.2, -0.15) is 0 Å². The molecule has 0 fully saturated rings. The summed E-state index contributed by atoms with van der Waals surface area (Å²) in [5.74, 6) is -0.102. The molecule has 0 bridgehead atoms. The molecule has 0 aliphatic heterocycles. The SMILES string of the molecule is O=C(Cc1ccccc1Cl)Nc1ccc(-c2nc3cccnc3s2)cc1. The summed E-state index contributed by atoms with van der Waals surface area (Å²) in [6, 6.07) is 18.8. The van der Waals surface area contributed by atoms with Crippen molar-refractivity contribution in [3.05, 3.63) is 77.4 Å². The van der Waals surface area contributed by atoms with E-state index in [-0.39, 0.29) is 12.3 Å². The molecule has 4 aromatic rings. The van der Waals surface area contributed by atoms with E-state index in [1.54, 1.807) is 23.6 Å². The van der Waals surface area contributed by atoms with Crippen LogP contribution in [0.25, 0.3) is 20.9 Å². The molecule has 0 spiro atoms. The van der Waals surface area contributed by atoms with E-state index in [0.29, 0.717) is 5.02 Å². The molecule has 1 amide bonds. The number of aromatic nitrogens is 2. The Labute approximate surface area is 159 Å². The molecule has 0 atom stereocenters. The maximum absolute atomic E-state index is 12.2. The number of thiazole rings is 1. The minimum Gasteiger partial charge on any atom is -0.326 e. The lowest BCUT2D eigenvalue weighted by molar-refractivity contribution is -0.115. The van der Waals surface area contributed by atoms with Crippen LogP contribution in [0, 0.1) is 0 Å². The number of rotatable bonds is 4. The van der Waals surface area contributed by atoms with Crippen molar-refractivity contribution in [1.82, 2.24) is 9.97 Å². The second-order valence-corrected chi connectivity index (χ2v) is 7.13. The van der Waals surface area contributed by atoms with Crippen LogP contribution in [-0.2, 0) is 11.2 Å². The molecule has 0 saturated heterocycles. The zero-order valence-electron chi connectivity index (χ0n) is 13.6. The number of carbonyl (C=O) groups is 1. The molecule has 4 nitrogen and oxygen atoms in total. The lowest BCUT2D eigenvalue weighted by atomic mass is 10.1. The maximum atomic E-state index is 12.2. The number of nitrogens with one attached hydrogen (secondary N) is 1. The van der Waals surface area contributed by atoms with Crippen molar-refractivity contribution in [2.45, 2.75) is 6.42 Å². The van der Waals surface area contributed by atoms with Crippen molar-refractivity contribution in [3.63, 3.8) is 0 Å². The fourth-order valence-electron chi connectivity index (χ4n) is 2.61. The molecule has 26 heavy (non-hydrogen) atoms. The van der Waals surface area contributed by atoms with Crippen LogP contribution in [0.2, 0.25) is 5.02 Å². The maximum Gasteiger partial charge on any atom is 0.228 e. The number of carbonyl (C=O) groups excluding carboxylic acids is 1. The second kappa shape index (κ2) is 7.23. The number of anilines is 1. The largest absolute Gasteiger partial charge is 0.326 e. The number of halogens is 1. The van der Waals surface area contributed by atoms with Gasteiger partial charge in [0.15, 0.2) is 0 Å².